The first-order chi connectivity index (χ1) is 10.6. The van der Waals surface area contributed by atoms with Crippen LogP contribution in [0.2, 0.25) is 0 Å². The summed E-state index contributed by atoms with van der Waals surface area (Å²) < 4.78 is 6.78. The summed E-state index contributed by atoms with van der Waals surface area (Å²) in [5.74, 6) is 0.0262. The van der Waals surface area contributed by atoms with E-state index in [2.05, 4.69) is 15.9 Å². The average molecular weight is 380 g/mol. The maximum Gasteiger partial charge on any atom is 0.335 e. The lowest BCUT2D eigenvalue weighted by atomic mass is 9.93. The Morgan fingerprint density at radius 3 is 2.82 bits per heavy atom. The predicted molar refractivity (Wildman–Crippen MR) is 89.7 cm³/mol. The molecular formula is C17H12BrClO3. The zero-order valence-electron chi connectivity index (χ0n) is 11.5. The van der Waals surface area contributed by atoms with Crippen molar-refractivity contribution < 1.29 is 14.6 Å². The molecule has 0 spiro atoms. The van der Waals surface area contributed by atoms with Gasteiger partial charge in [-0.15, -0.1) is 11.6 Å². The second-order valence-electron chi connectivity index (χ2n) is 4.88. The highest BCUT2D eigenvalue weighted by Gasteiger charge is 2.20. The molecule has 2 aromatic carbocycles. The van der Waals surface area contributed by atoms with Crippen molar-refractivity contribution in [1.82, 2.24) is 0 Å². The number of alkyl halides is 1. The fraction of sp³-hybridized carbons (Fsp3) is 0.118. The molecule has 3 nitrogen and oxygen atoms in total. The zero-order valence-corrected chi connectivity index (χ0v) is 13.8. The molecule has 1 aliphatic heterocycles. The van der Waals surface area contributed by atoms with Gasteiger partial charge < -0.3 is 9.84 Å². The van der Waals surface area contributed by atoms with Gasteiger partial charge in [-0.05, 0) is 47.0 Å². The molecule has 22 heavy (non-hydrogen) atoms. The fourth-order valence-corrected chi connectivity index (χ4v) is 3.04. The third kappa shape index (κ3) is 2.76. The summed E-state index contributed by atoms with van der Waals surface area (Å²) in [7, 11) is 0. The van der Waals surface area contributed by atoms with Crippen molar-refractivity contribution in [3.05, 3.63) is 69.2 Å². The molecule has 0 fully saturated rings. The van der Waals surface area contributed by atoms with Crippen molar-refractivity contribution in [2.75, 3.05) is 5.88 Å². The normalized spacial score (nSPS) is 14.7. The van der Waals surface area contributed by atoms with Gasteiger partial charge in [0.25, 0.3) is 0 Å². The third-order valence-corrected chi connectivity index (χ3v) is 4.19. The lowest BCUT2D eigenvalue weighted by Crippen LogP contribution is -1.99. The van der Waals surface area contributed by atoms with E-state index >= 15 is 0 Å². The summed E-state index contributed by atoms with van der Waals surface area (Å²) in [5, 5.41) is 9.22. The monoisotopic (exact) mass is 378 g/mol. The maximum absolute atomic E-state index is 11.2. The highest BCUT2D eigenvalue weighted by atomic mass is 79.9. The number of hydrogen-bond donors (Lipinski definition) is 1. The van der Waals surface area contributed by atoms with Crippen molar-refractivity contribution in [2.24, 2.45) is 0 Å². The van der Waals surface area contributed by atoms with Gasteiger partial charge in [0.05, 0.1) is 5.56 Å². The van der Waals surface area contributed by atoms with Crippen LogP contribution in [0.4, 0.5) is 0 Å². The lowest BCUT2D eigenvalue weighted by molar-refractivity contribution is 0.0697. The molecule has 0 bridgehead atoms. The first-order valence-corrected chi connectivity index (χ1v) is 7.98. The summed E-state index contributed by atoms with van der Waals surface area (Å²) in [6.07, 6.45) is 1.88. The van der Waals surface area contributed by atoms with Crippen LogP contribution < -0.4 is 4.74 Å². The van der Waals surface area contributed by atoms with Crippen molar-refractivity contribution >= 4 is 39.1 Å². The number of halogens is 2. The van der Waals surface area contributed by atoms with Gasteiger partial charge in [-0.1, -0.05) is 28.1 Å². The van der Waals surface area contributed by atoms with Gasteiger partial charge in [0.2, 0.25) is 0 Å². The lowest BCUT2D eigenvalue weighted by Gasteiger charge is -2.11. The van der Waals surface area contributed by atoms with Crippen LogP contribution in [0, 0.1) is 0 Å². The van der Waals surface area contributed by atoms with Crippen molar-refractivity contribution in [1.29, 1.82) is 0 Å². The molecule has 112 valence electrons. The Kier molecular flexibility index (Phi) is 4.23. The van der Waals surface area contributed by atoms with Gasteiger partial charge >= 0.3 is 5.97 Å². The Labute approximate surface area is 141 Å². The molecule has 1 heterocycles. The number of carboxylic acid groups (broad SMARTS) is 1. The number of ether oxygens (including phenoxy) is 1. The van der Waals surface area contributed by atoms with E-state index in [1.54, 1.807) is 18.2 Å². The molecule has 3 rings (SSSR count). The highest BCUT2D eigenvalue weighted by Crippen LogP contribution is 2.38. The minimum absolute atomic E-state index is 0.223. The van der Waals surface area contributed by atoms with Crippen molar-refractivity contribution in [2.45, 2.75) is 6.61 Å². The van der Waals surface area contributed by atoms with Gasteiger partial charge in [0, 0.05) is 15.9 Å². The summed E-state index contributed by atoms with van der Waals surface area (Å²) in [6.45, 7) is 0.432. The van der Waals surface area contributed by atoms with Crippen LogP contribution in [0.1, 0.15) is 27.0 Å². The zero-order chi connectivity index (χ0) is 15.7. The van der Waals surface area contributed by atoms with Crippen LogP contribution >= 0.6 is 27.5 Å². The first kappa shape index (κ1) is 15.1. The number of aromatic carboxylic acids is 1. The number of allylic oxidation sites excluding steroid dienone is 1. The minimum atomic E-state index is -0.966. The molecule has 1 aliphatic rings. The van der Waals surface area contributed by atoms with Gasteiger partial charge in [-0.25, -0.2) is 4.79 Å². The number of carboxylic acids is 1. The first-order valence-electron chi connectivity index (χ1n) is 6.65. The fourth-order valence-electron chi connectivity index (χ4n) is 2.52. The number of carbonyl (C=O) groups is 1. The summed E-state index contributed by atoms with van der Waals surface area (Å²) in [6, 6.07) is 10.8. The van der Waals surface area contributed by atoms with E-state index in [0.717, 1.165) is 26.7 Å². The van der Waals surface area contributed by atoms with E-state index in [0.29, 0.717) is 18.2 Å². The molecule has 0 aliphatic carbocycles. The highest BCUT2D eigenvalue weighted by molar-refractivity contribution is 9.10. The van der Waals surface area contributed by atoms with Gasteiger partial charge in [0.1, 0.15) is 12.4 Å². The van der Waals surface area contributed by atoms with Gasteiger partial charge in [0.15, 0.2) is 0 Å². The van der Waals surface area contributed by atoms with Crippen LogP contribution in [0.25, 0.3) is 5.57 Å². The third-order valence-electron chi connectivity index (χ3n) is 3.54. The average Bonchev–Trinajstić information content (AvgIpc) is 2.65. The summed E-state index contributed by atoms with van der Waals surface area (Å²) in [5.41, 5.74) is 3.89. The molecule has 2 aromatic rings. The summed E-state index contributed by atoms with van der Waals surface area (Å²) in [4.78, 5) is 11.2. The molecule has 0 amide bonds. The van der Waals surface area contributed by atoms with Crippen LogP contribution in [0.15, 0.2) is 46.9 Å². The quantitative estimate of drug-likeness (QED) is 0.769. The molecule has 0 unspecified atom stereocenters. The summed E-state index contributed by atoms with van der Waals surface area (Å²) >= 11 is 9.40. The van der Waals surface area contributed by atoms with E-state index in [9.17, 15) is 9.90 Å². The van der Waals surface area contributed by atoms with Crippen molar-refractivity contribution in [3.8, 4) is 5.75 Å². The van der Waals surface area contributed by atoms with Gasteiger partial charge in [-0.3, -0.25) is 0 Å². The Morgan fingerprint density at radius 2 is 2.09 bits per heavy atom. The smallest absolute Gasteiger partial charge is 0.335 e. The topological polar surface area (TPSA) is 46.5 Å². The second-order valence-corrected chi connectivity index (χ2v) is 6.10. The second kappa shape index (κ2) is 6.15. The van der Waals surface area contributed by atoms with E-state index in [-0.39, 0.29) is 5.56 Å². The Bertz CT molecular complexity index is 783. The molecule has 0 radical (unpaired) electrons. The predicted octanol–water partition coefficient (Wildman–Crippen LogP) is 4.71. The molecule has 5 heteroatoms. The molecule has 1 N–H and O–H groups in total. The standard InChI is InChI=1S/C17H12BrClO3/c18-12-3-1-11-9-22-16-4-2-10(17(20)21)7-15(16)13(5-6-19)14(11)8-12/h1-5,7-8H,6,9H2,(H,20,21)/b13-5+. The van der Waals surface area contributed by atoms with Crippen molar-refractivity contribution in [3.63, 3.8) is 0 Å². The molecule has 0 aromatic heterocycles. The number of benzene rings is 2. The molecular weight excluding hydrogens is 368 g/mol. The van der Waals surface area contributed by atoms with Gasteiger partial charge in [-0.2, -0.15) is 0 Å². The molecule has 0 atom stereocenters. The van der Waals surface area contributed by atoms with Crippen LogP contribution in [0.3, 0.4) is 0 Å². The SMILES string of the molecule is O=C(O)c1ccc2c(c1)/C(=C/CCl)c1cc(Br)ccc1CO2. The minimum Gasteiger partial charge on any atom is -0.488 e. The molecule has 0 saturated carbocycles. The Balaban J connectivity index is 2.26. The largest absolute Gasteiger partial charge is 0.488 e. The molecule has 0 saturated heterocycles. The maximum atomic E-state index is 11.2. The van der Waals surface area contributed by atoms with Crippen LogP contribution in [-0.4, -0.2) is 17.0 Å². The van der Waals surface area contributed by atoms with E-state index in [4.69, 9.17) is 16.3 Å². The number of fused-ring (bicyclic) bond motifs is 2. The number of rotatable bonds is 2. The number of hydrogen-bond acceptors (Lipinski definition) is 2. The van der Waals surface area contributed by atoms with Crippen LogP contribution in [-0.2, 0) is 6.61 Å². The van der Waals surface area contributed by atoms with E-state index in [1.165, 1.54) is 0 Å². The Morgan fingerprint density at radius 1 is 1.27 bits per heavy atom. The van der Waals surface area contributed by atoms with Crippen LogP contribution in [0.5, 0.6) is 5.75 Å². The van der Waals surface area contributed by atoms with E-state index in [1.807, 2.05) is 24.3 Å². The Hall–Kier alpha value is -1.78. The van der Waals surface area contributed by atoms with E-state index < -0.39 is 5.97 Å².